The van der Waals surface area contributed by atoms with Gasteiger partial charge in [0.15, 0.2) is 0 Å². The van der Waals surface area contributed by atoms with Crippen molar-refractivity contribution in [3.8, 4) is 0 Å². The van der Waals surface area contributed by atoms with Gasteiger partial charge in [-0.3, -0.25) is 9.59 Å². The van der Waals surface area contributed by atoms with E-state index >= 15 is 0 Å². The molecular formula is C12H20N2O3. The molecule has 2 rings (SSSR count). The van der Waals surface area contributed by atoms with Crippen molar-refractivity contribution in [2.45, 2.75) is 38.1 Å². The number of aliphatic carboxylic acids is 1. The zero-order valence-corrected chi connectivity index (χ0v) is 9.97. The van der Waals surface area contributed by atoms with Crippen LogP contribution in [0.3, 0.4) is 0 Å². The van der Waals surface area contributed by atoms with E-state index in [0.717, 1.165) is 19.3 Å². The Morgan fingerprint density at radius 2 is 2.06 bits per heavy atom. The summed E-state index contributed by atoms with van der Waals surface area (Å²) in [4.78, 5) is 24.5. The van der Waals surface area contributed by atoms with Crippen molar-refractivity contribution in [1.29, 1.82) is 0 Å². The normalized spacial score (nSPS) is 26.6. The van der Waals surface area contributed by atoms with Gasteiger partial charge in [0.1, 0.15) is 0 Å². The van der Waals surface area contributed by atoms with Crippen LogP contribution in [0.5, 0.6) is 0 Å². The fraction of sp³-hybridized carbons (Fsp3) is 0.833. The van der Waals surface area contributed by atoms with Crippen LogP contribution in [0.1, 0.15) is 32.1 Å². The van der Waals surface area contributed by atoms with Gasteiger partial charge in [0.25, 0.3) is 0 Å². The van der Waals surface area contributed by atoms with E-state index in [9.17, 15) is 9.59 Å². The molecule has 0 spiro atoms. The molecule has 1 amide bonds. The maximum absolute atomic E-state index is 12.0. The van der Waals surface area contributed by atoms with Gasteiger partial charge in [-0.2, -0.15) is 0 Å². The van der Waals surface area contributed by atoms with Gasteiger partial charge in [-0.1, -0.05) is 0 Å². The molecule has 1 saturated heterocycles. The van der Waals surface area contributed by atoms with Gasteiger partial charge < -0.3 is 15.7 Å². The highest BCUT2D eigenvalue weighted by Gasteiger charge is 2.33. The number of carbonyl (C=O) groups excluding carboxylic acids is 1. The lowest BCUT2D eigenvalue weighted by atomic mass is 9.97. The molecule has 1 aliphatic carbocycles. The van der Waals surface area contributed by atoms with Crippen LogP contribution in [0.15, 0.2) is 0 Å². The zero-order valence-electron chi connectivity index (χ0n) is 9.97. The number of hydrogen-bond acceptors (Lipinski definition) is 3. The molecule has 1 unspecified atom stereocenters. The molecule has 5 nitrogen and oxygen atoms in total. The molecule has 2 atom stereocenters. The smallest absolute Gasteiger partial charge is 0.308 e. The van der Waals surface area contributed by atoms with Crippen molar-refractivity contribution < 1.29 is 14.7 Å². The molecule has 2 aliphatic rings. The Hall–Kier alpha value is -1.10. The Morgan fingerprint density at radius 3 is 2.65 bits per heavy atom. The SMILES string of the molecule is NC(CC(=O)N1CCC[C@@H](C(=O)O)C1)C1CC1. The quantitative estimate of drug-likeness (QED) is 0.746. The highest BCUT2D eigenvalue weighted by atomic mass is 16.4. The Bertz CT molecular complexity index is 315. The second kappa shape index (κ2) is 5.04. The van der Waals surface area contributed by atoms with Gasteiger partial charge in [-0.25, -0.2) is 0 Å². The number of amides is 1. The molecule has 0 aromatic heterocycles. The van der Waals surface area contributed by atoms with Crippen LogP contribution in [0.2, 0.25) is 0 Å². The van der Waals surface area contributed by atoms with Crippen LogP contribution in [0, 0.1) is 11.8 Å². The monoisotopic (exact) mass is 240 g/mol. The molecule has 0 aromatic carbocycles. The van der Waals surface area contributed by atoms with Crippen molar-refractivity contribution in [1.82, 2.24) is 4.90 Å². The second-order valence-electron chi connectivity index (χ2n) is 5.22. The molecule has 2 fully saturated rings. The summed E-state index contributed by atoms with van der Waals surface area (Å²) < 4.78 is 0. The topological polar surface area (TPSA) is 83.6 Å². The molecule has 96 valence electrons. The lowest BCUT2D eigenvalue weighted by molar-refractivity contribution is -0.145. The summed E-state index contributed by atoms with van der Waals surface area (Å²) in [6.45, 7) is 1.03. The molecular weight excluding hydrogens is 220 g/mol. The van der Waals surface area contributed by atoms with Crippen LogP contribution in [0.4, 0.5) is 0 Å². The van der Waals surface area contributed by atoms with Gasteiger partial charge in [0.2, 0.25) is 5.91 Å². The summed E-state index contributed by atoms with van der Waals surface area (Å²) in [5.41, 5.74) is 5.92. The van der Waals surface area contributed by atoms with Crippen LogP contribution >= 0.6 is 0 Å². The predicted molar refractivity (Wildman–Crippen MR) is 62.3 cm³/mol. The van der Waals surface area contributed by atoms with Gasteiger partial charge in [-0.05, 0) is 31.6 Å². The Kier molecular flexibility index (Phi) is 3.66. The highest BCUT2D eigenvalue weighted by Crippen LogP contribution is 2.33. The number of likely N-dealkylation sites (tertiary alicyclic amines) is 1. The molecule has 0 aromatic rings. The standard InChI is InChI=1S/C12H20N2O3/c13-10(8-3-4-8)6-11(15)14-5-1-2-9(7-14)12(16)17/h8-10H,1-7,13H2,(H,16,17)/t9-,10?/m1/s1. The van der Waals surface area contributed by atoms with Crippen molar-refractivity contribution in [2.24, 2.45) is 17.6 Å². The molecule has 1 aliphatic heterocycles. The van der Waals surface area contributed by atoms with E-state index in [1.807, 2.05) is 0 Å². The zero-order chi connectivity index (χ0) is 12.4. The Balaban J connectivity index is 1.83. The summed E-state index contributed by atoms with van der Waals surface area (Å²) in [5, 5.41) is 8.96. The summed E-state index contributed by atoms with van der Waals surface area (Å²) in [5.74, 6) is -0.659. The van der Waals surface area contributed by atoms with Gasteiger partial charge >= 0.3 is 5.97 Å². The number of carbonyl (C=O) groups is 2. The molecule has 3 N–H and O–H groups in total. The molecule has 17 heavy (non-hydrogen) atoms. The minimum atomic E-state index is -0.797. The van der Waals surface area contributed by atoms with Crippen LogP contribution in [-0.2, 0) is 9.59 Å². The van der Waals surface area contributed by atoms with E-state index in [-0.39, 0.29) is 11.9 Å². The second-order valence-corrected chi connectivity index (χ2v) is 5.22. The van der Waals surface area contributed by atoms with Crippen molar-refractivity contribution in [3.63, 3.8) is 0 Å². The molecule has 5 heteroatoms. The minimum absolute atomic E-state index is 0.0235. The first-order chi connectivity index (χ1) is 8.08. The highest BCUT2D eigenvalue weighted by molar-refractivity contribution is 5.78. The number of rotatable bonds is 4. The van der Waals surface area contributed by atoms with Crippen molar-refractivity contribution in [2.75, 3.05) is 13.1 Å². The maximum Gasteiger partial charge on any atom is 0.308 e. The average Bonchev–Trinajstić information content (AvgIpc) is 3.12. The van der Waals surface area contributed by atoms with E-state index in [1.54, 1.807) is 4.90 Å². The van der Waals surface area contributed by atoms with Crippen LogP contribution in [0.25, 0.3) is 0 Å². The lowest BCUT2D eigenvalue weighted by Gasteiger charge is -2.31. The molecule has 1 heterocycles. The fourth-order valence-electron chi connectivity index (χ4n) is 2.43. The van der Waals surface area contributed by atoms with Crippen molar-refractivity contribution in [3.05, 3.63) is 0 Å². The largest absolute Gasteiger partial charge is 0.481 e. The molecule has 0 radical (unpaired) electrons. The van der Waals surface area contributed by atoms with Crippen LogP contribution in [-0.4, -0.2) is 41.0 Å². The first-order valence-corrected chi connectivity index (χ1v) is 6.34. The van der Waals surface area contributed by atoms with E-state index in [0.29, 0.717) is 31.8 Å². The minimum Gasteiger partial charge on any atom is -0.481 e. The first kappa shape index (κ1) is 12.4. The first-order valence-electron chi connectivity index (χ1n) is 6.34. The van der Waals surface area contributed by atoms with E-state index in [4.69, 9.17) is 10.8 Å². The van der Waals surface area contributed by atoms with Crippen LogP contribution < -0.4 is 5.73 Å². The lowest BCUT2D eigenvalue weighted by Crippen LogP contribution is -2.44. The van der Waals surface area contributed by atoms with Gasteiger partial charge in [-0.15, -0.1) is 0 Å². The molecule has 0 bridgehead atoms. The van der Waals surface area contributed by atoms with Gasteiger partial charge in [0, 0.05) is 25.6 Å². The number of nitrogens with two attached hydrogens (primary N) is 1. The number of nitrogens with zero attached hydrogens (tertiary/aromatic N) is 1. The number of piperidine rings is 1. The third-order valence-electron chi connectivity index (χ3n) is 3.76. The summed E-state index contributed by atoms with van der Waals surface area (Å²) in [6, 6.07) is -0.0345. The number of carboxylic acid groups (broad SMARTS) is 1. The van der Waals surface area contributed by atoms with E-state index < -0.39 is 11.9 Å². The maximum atomic E-state index is 12.0. The summed E-state index contributed by atoms with van der Waals surface area (Å²) in [6.07, 6.45) is 4.09. The van der Waals surface area contributed by atoms with E-state index in [2.05, 4.69) is 0 Å². The third-order valence-corrected chi connectivity index (χ3v) is 3.76. The number of hydrogen-bond donors (Lipinski definition) is 2. The fourth-order valence-corrected chi connectivity index (χ4v) is 2.43. The van der Waals surface area contributed by atoms with Gasteiger partial charge in [0.05, 0.1) is 5.92 Å². The summed E-state index contributed by atoms with van der Waals surface area (Å²) >= 11 is 0. The van der Waals surface area contributed by atoms with Crippen molar-refractivity contribution >= 4 is 11.9 Å². The number of carboxylic acids is 1. The Labute approximate surface area is 101 Å². The molecule has 1 saturated carbocycles. The average molecular weight is 240 g/mol. The predicted octanol–water partition coefficient (Wildman–Crippen LogP) is 0.437. The summed E-state index contributed by atoms with van der Waals surface area (Å²) in [7, 11) is 0. The van der Waals surface area contributed by atoms with E-state index in [1.165, 1.54) is 0 Å². The third kappa shape index (κ3) is 3.19. The Morgan fingerprint density at radius 1 is 1.35 bits per heavy atom.